The van der Waals surface area contributed by atoms with Crippen LogP contribution in [0.2, 0.25) is 0 Å². The minimum atomic E-state index is -0.124. The predicted octanol–water partition coefficient (Wildman–Crippen LogP) is 1.23. The van der Waals surface area contributed by atoms with Gasteiger partial charge in [-0.05, 0) is 38.3 Å². The minimum Gasteiger partial charge on any atom is -0.376 e. The summed E-state index contributed by atoms with van der Waals surface area (Å²) in [7, 11) is 0. The zero-order chi connectivity index (χ0) is 14.5. The van der Waals surface area contributed by atoms with Crippen LogP contribution in [-0.2, 0) is 11.2 Å². The highest BCUT2D eigenvalue weighted by molar-refractivity contribution is 5.95. The highest BCUT2D eigenvalue weighted by Crippen LogP contribution is 2.16. The number of hydrazine groups is 1. The summed E-state index contributed by atoms with van der Waals surface area (Å²) in [6.45, 7) is 4.73. The normalized spacial score (nSPS) is 19.6. The fourth-order valence-electron chi connectivity index (χ4n) is 2.35. The number of nitrogens with zero attached hydrogens (tertiary/aromatic N) is 1. The van der Waals surface area contributed by atoms with Gasteiger partial charge in [0.2, 0.25) is 0 Å². The van der Waals surface area contributed by atoms with Crippen LogP contribution in [0, 0.1) is 0 Å². The first-order chi connectivity index (χ1) is 9.63. The zero-order valence-corrected chi connectivity index (χ0v) is 12.0. The topological polar surface area (TPSA) is 89.3 Å². The van der Waals surface area contributed by atoms with Gasteiger partial charge in [0, 0.05) is 17.9 Å². The van der Waals surface area contributed by atoms with Crippen molar-refractivity contribution in [2.45, 2.75) is 45.3 Å². The zero-order valence-electron chi connectivity index (χ0n) is 12.0. The molecule has 0 bridgehead atoms. The lowest BCUT2D eigenvalue weighted by Gasteiger charge is -2.20. The van der Waals surface area contributed by atoms with Gasteiger partial charge in [0.15, 0.2) is 0 Å². The lowest BCUT2D eigenvalue weighted by atomic mass is 10.1. The molecule has 6 nitrogen and oxygen atoms in total. The Morgan fingerprint density at radius 1 is 1.60 bits per heavy atom. The van der Waals surface area contributed by atoms with Crippen LogP contribution >= 0.6 is 0 Å². The number of nitrogens with one attached hydrogen (secondary N) is 2. The number of nitrogen functional groups attached to an aromatic ring is 1. The summed E-state index contributed by atoms with van der Waals surface area (Å²) in [4.78, 5) is 16.6. The first-order valence-electron chi connectivity index (χ1n) is 7.04. The Bertz CT molecular complexity index is 450. The monoisotopic (exact) mass is 278 g/mol. The standard InChI is InChI=1S/C14H22N4O2/c1-3-11-7-10(8-13(17-11)18-15)14(19)16-9(2)12-5-4-6-20-12/h7-9,12H,3-6,15H2,1-2H3,(H,16,19)(H,17,18). The molecule has 2 heterocycles. The van der Waals surface area contributed by atoms with Crippen molar-refractivity contribution in [2.75, 3.05) is 12.0 Å². The fraction of sp³-hybridized carbons (Fsp3) is 0.571. The lowest BCUT2D eigenvalue weighted by molar-refractivity contribution is 0.0712. The number of hydrogen-bond acceptors (Lipinski definition) is 5. The molecule has 1 amide bonds. The number of carbonyl (C=O) groups excluding carboxylic acids is 1. The molecule has 1 aromatic heterocycles. The smallest absolute Gasteiger partial charge is 0.251 e. The molecule has 20 heavy (non-hydrogen) atoms. The molecule has 2 rings (SSSR count). The summed E-state index contributed by atoms with van der Waals surface area (Å²) < 4.78 is 5.58. The number of aryl methyl sites for hydroxylation is 1. The predicted molar refractivity (Wildman–Crippen MR) is 77.3 cm³/mol. The fourth-order valence-corrected chi connectivity index (χ4v) is 2.35. The lowest BCUT2D eigenvalue weighted by Crippen LogP contribution is -2.40. The quantitative estimate of drug-likeness (QED) is 0.557. The van der Waals surface area contributed by atoms with Crippen molar-refractivity contribution in [3.63, 3.8) is 0 Å². The molecule has 0 saturated carbocycles. The number of hydrogen-bond donors (Lipinski definition) is 3. The summed E-state index contributed by atoms with van der Waals surface area (Å²) in [5.74, 6) is 5.75. The summed E-state index contributed by atoms with van der Waals surface area (Å²) >= 11 is 0. The molecule has 0 aliphatic carbocycles. The highest BCUT2D eigenvalue weighted by atomic mass is 16.5. The Morgan fingerprint density at radius 3 is 3.00 bits per heavy atom. The second-order valence-corrected chi connectivity index (χ2v) is 5.04. The molecule has 1 aliphatic rings. The second kappa shape index (κ2) is 6.67. The van der Waals surface area contributed by atoms with Gasteiger partial charge < -0.3 is 15.5 Å². The Hall–Kier alpha value is -1.66. The van der Waals surface area contributed by atoms with E-state index in [1.165, 1.54) is 0 Å². The van der Waals surface area contributed by atoms with Crippen molar-refractivity contribution in [3.05, 3.63) is 23.4 Å². The number of nitrogens with two attached hydrogens (primary N) is 1. The summed E-state index contributed by atoms with van der Waals surface area (Å²) in [6, 6.07) is 3.44. The van der Waals surface area contributed by atoms with E-state index in [0.717, 1.165) is 31.6 Å². The van der Waals surface area contributed by atoms with Gasteiger partial charge in [-0.2, -0.15) is 0 Å². The summed E-state index contributed by atoms with van der Waals surface area (Å²) in [5, 5.41) is 2.98. The van der Waals surface area contributed by atoms with Crippen LogP contribution in [0.1, 0.15) is 42.7 Å². The maximum atomic E-state index is 12.3. The molecule has 1 fully saturated rings. The van der Waals surface area contributed by atoms with Gasteiger partial charge in [-0.3, -0.25) is 4.79 Å². The van der Waals surface area contributed by atoms with E-state index in [9.17, 15) is 4.79 Å². The number of ether oxygens (including phenoxy) is 1. The van der Waals surface area contributed by atoms with Gasteiger partial charge in [0.05, 0.1) is 12.1 Å². The third-order valence-electron chi connectivity index (χ3n) is 3.53. The van der Waals surface area contributed by atoms with E-state index >= 15 is 0 Å². The average molecular weight is 278 g/mol. The van der Waals surface area contributed by atoms with E-state index < -0.39 is 0 Å². The van der Waals surface area contributed by atoms with Crippen LogP contribution in [0.25, 0.3) is 0 Å². The van der Waals surface area contributed by atoms with E-state index in [2.05, 4.69) is 15.7 Å². The van der Waals surface area contributed by atoms with Crippen molar-refractivity contribution >= 4 is 11.7 Å². The van der Waals surface area contributed by atoms with Crippen LogP contribution in [0.5, 0.6) is 0 Å². The molecule has 1 aliphatic heterocycles. The maximum absolute atomic E-state index is 12.3. The van der Waals surface area contributed by atoms with Gasteiger partial charge in [-0.25, -0.2) is 10.8 Å². The van der Waals surface area contributed by atoms with Crippen LogP contribution in [0.15, 0.2) is 12.1 Å². The average Bonchev–Trinajstić information content (AvgIpc) is 3.00. The Morgan fingerprint density at radius 2 is 2.40 bits per heavy atom. The molecule has 6 heteroatoms. The van der Waals surface area contributed by atoms with Crippen LogP contribution < -0.4 is 16.6 Å². The number of aromatic nitrogens is 1. The second-order valence-electron chi connectivity index (χ2n) is 5.04. The molecule has 1 aromatic rings. The number of amides is 1. The molecular weight excluding hydrogens is 256 g/mol. The van der Waals surface area contributed by atoms with E-state index in [1.807, 2.05) is 13.8 Å². The van der Waals surface area contributed by atoms with Gasteiger partial charge in [-0.1, -0.05) is 6.92 Å². The van der Waals surface area contributed by atoms with E-state index in [0.29, 0.717) is 11.4 Å². The summed E-state index contributed by atoms with van der Waals surface area (Å²) in [6.07, 6.45) is 2.91. The number of rotatable bonds is 5. The maximum Gasteiger partial charge on any atom is 0.251 e. The van der Waals surface area contributed by atoms with Crippen molar-refractivity contribution in [1.29, 1.82) is 0 Å². The summed E-state index contributed by atoms with van der Waals surface area (Å²) in [5.41, 5.74) is 3.88. The Labute approximate surface area is 119 Å². The number of carbonyl (C=O) groups is 1. The number of pyridine rings is 1. The molecule has 110 valence electrons. The van der Waals surface area contributed by atoms with Crippen molar-refractivity contribution in [2.24, 2.45) is 5.84 Å². The molecule has 2 atom stereocenters. The molecule has 4 N–H and O–H groups in total. The minimum absolute atomic E-state index is 0.00229. The number of anilines is 1. The molecule has 1 saturated heterocycles. The largest absolute Gasteiger partial charge is 0.376 e. The van der Waals surface area contributed by atoms with Crippen LogP contribution in [0.3, 0.4) is 0 Å². The Kier molecular flexibility index (Phi) is 4.92. The van der Waals surface area contributed by atoms with Crippen molar-refractivity contribution in [1.82, 2.24) is 10.3 Å². The molecule has 0 radical (unpaired) electrons. The molecule has 0 aromatic carbocycles. The van der Waals surface area contributed by atoms with Crippen molar-refractivity contribution in [3.8, 4) is 0 Å². The van der Waals surface area contributed by atoms with Gasteiger partial charge in [-0.15, -0.1) is 0 Å². The van der Waals surface area contributed by atoms with E-state index in [4.69, 9.17) is 10.6 Å². The van der Waals surface area contributed by atoms with E-state index in [1.54, 1.807) is 12.1 Å². The van der Waals surface area contributed by atoms with Gasteiger partial charge in [0.1, 0.15) is 5.82 Å². The van der Waals surface area contributed by atoms with Gasteiger partial charge >= 0.3 is 0 Å². The highest BCUT2D eigenvalue weighted by Gasteiger charge is 2.24. The van der Waals surface area contributed by atoms with Crippen LogP contribution in [-0.4, -0.2) is 29.6 Å². The first kappa shape index (κ1) is 14.7. The molecule has 2 unspecified atom stereocenters. The van der Waals surface area contributed by atoms with E-state index in [-0.39, 0.29) is 18.1 Å². The Balaban J connectivity index is 2.07. The molecule has 0 spiro atoms. The van der Waals surface area contributed by atoms with Crippen molar-refractivity contribution < 1.29 is 9.53 Å². The van der Waals surface area contributed by atoms with Crippen LogP contribution in [0.4, 0.5) is 5.82 Å². The third-order valence-corrected chi connectivity index (χ3v) is 3.53. The SMILES string of the molecule is CCc1cc(C(=O)NC(C)C2CCCO2)cc(NN)n1. The first-order valence-corrected chi connectivity index (χ1v) is 7.04. The molecular formula is C14H22N4O2. The third kappa shape index (κ3) is 3.46. The van der Waals surface area contributed by atoms with Gasteiger partial charge in [0.25, 0.3) is 5.91 Å².